The summed E-state index contributed by atoms with van der Waals surface area (Å²) in [7, 11) is 6.10. The zero-order valence-electron chi connectivity index (χ0n) is 23.2. The lowest BCUT2D eigenvalue weighted by molar-refractivity contribution is 1.29. The second-order valence-corrected chi connectivity index (χ2v) is 10.5. The minimum atomic E-state index is 0.770. The zero-order valence-corrected chi connectivity index (χ0v) is 23.2. The third-order valence-corrected chi connectivity index (χ3v) is 7.75. The van der Waals surface area contributed by atoms with Gasteiger partial charge in [0.1, 0.15) is 7.85 Å². The summed E-state index contributed by atoms with van der Waals surface area (Å²) in [5.41, 5.74) is 11.2. The van der Waals surface area contributed by atoms with Gasteiger partial charge in [-0.2, -0.15) is 0 Å². The molecule has 0 fully saturated rings. The van der Waals surface area contributed by atoms with Gasteiger partial charge in [-0.3, -0.25) is 0 Å². The molecule has 42 heavy (non-hydrogen) atoms. The Labute approximate surface area is 248 Å². The van der Waals surface area contributed by atoms with E-state index in [0.29, 0.717) is 0 Å². The molecule has 0 aliphatic rings. The van der Waals surface area contributed by atoms with E-state index in [0.717, 1.165) is 33.3 Å². The lowest BCUT2D eigenvalue weighted by atomic mass is 9.93. The van der Waals surface area contributed by atoms with Crippen LogP contribution in [0, 0.1) is 0 Å². The number of hydrogen-bond donors (Lipinski definition) is 0. The molecule has 2 radical (unpaired) electrons. The van der Waals surface area contributed by atoms with Gasteiger partial charge in [0.05, 0.1) is 0 Å². The minimum Gasteiger partial charge on any atom is -0.310 e. The first-order valence-corrected chi connectivity index (χ1v) is 14.2. The average Bonchev–Trinajstić information content (AvgIpc) is 3.06. The van der Waals surface area contributed by atoms with E-state index in [1.165, 1.54) is 33.4 Å². The first-order valence-electron chi connectivity index (χ1n) is 14.2. The summed E-state index contributed by atoms with van der Waals surface area (Å²) >= 11 is 0. The van der Waals surface area contributed by atoms with E-state index in [1.807, 2.05) is 12.1 Å². The quantitative estimate of drug-likeness (QED) is 0.192. The highest BCUT2D eigenvalue weighted by molar-refractivity contribution is 6.33. The van der Waals surface area contributed by atoms with E-state index in [1.54, 1.807) is 0 Å². The summed E-state index contributed by atoms with van der Waals surface area (Å²) < 4.78 is 0. The molecule has 7 rings (SSSR count). The maximum absolute atomic E-state index is 6.10. The van der Waals surface area contributed by atoms with E-state index in [-0.39, 0.29) is 0 Å². The van der Waals surface area contributed by atoms with Crippen LogP contribution in [0.3, 0.4) is 0 Å². The molecule has 1 nitrogen and oxygen atoms in total. The number of rotatable bonds is 6. The summed E-state index contributed by atoms with van der Waals surface area (Å²) in [6.45, 7) is 0. The van der Waals surface area contributed by atoms with Crippen LogP contribution < -0.4 is 10.4 Å². The van der Waals surface area contributed by atoms with Crippen LogP contribution in [0.5, 0.6) is 0 Å². The maximum Gasteiger partial charge on any atom is 0.113 e. The molecule has 0 aliphatic carbocycles. The second-order valence-electron chi connectivity index (χ2n) is 10.5. The van der Waals surface area contributed by atoms with Gasteiger partial charge in [-0.1, -0.05) is 139 Å². The molecule has 7 aromatic rings. The lowest BCUT2D eigenvalue weighted by Gasteiger charge is -2.27. The SMILES string of the molecule is [B]c1ccc2cc(N(c3cccc(-c4ccccc4)c3)c3ccc(-c4ccccc4)c(-c4ccccc4)c3)ccc2c1. The van der Waals surface area contributed by atoms with E-state index in [4.69, 9.17) is 7.85 Å². The van der Waals surface area contributed by atoms with E-state index >= 15 is 0 Å². The van der Waals surface area contributed by atoms with Crippen LogP contribution in [-0.2, 0) is 0 Å². The van der Waals surface area contributed by atoms with Gasteiger partial charge in [-0.15, -0.1) is 0 Å². The number of hydrogen-bond acceptors (Lipinski definition) is 1. The molecule has 0 aromatic heterocycles. The van der Waals surface area contributed by atoms with E-state index < -0.39 is 0 Å². The molecular weight excluding hydrogens is 505 g/mol. The van der Waals surface area contributed by atoms with Crippen LogP contribution in [0.2, 0.25) is 0 Å². The fourth-order valence-electron chi connectivity index (χ4n) is 5.69. The average molecular weight is 533 g/mol. The van der Waals surface area contributed by atoms with Crippen molar-refractivity contribution in [2.75, 3.05) is 4.90 Å². The molecule has 0 aliphatic heterocycles. The van der Waals surface area contributed by atoms with Crippen LogP contribution >= 0.6 is 0 Å². The van der Waals surface area contributed by atoms with E-state index in [9.17, 15) is 0 Å². The zero-order chi connectivity index (χ0) is 28.3. The Morgan fingerprint density at radius 2 is 0.857 bits per heavy atom. The standard InChI is InChI=1S/C40H28BN/c41-35-21-19-34-27-37(22-20-33(34)25-35)42(36-18-10-17-32(26-36)29-11-4-1-5-12-29)38-23-24-39(30-13-6-2-7-14-30)40(28-38)31-15-8-3-9-16-31/h1-28H. The van der Waals surface area contributed by atoms with Crippen LogP contribution in [-0.4, -0.2) is 7.85 Å². The van der Waals surface area contributed by atoms with Crippen molar-refractivity contribution >= 4 is 41.1 Å². The molecule has 0 saturated heterocycles. The highest BCUT2D eigenvalue weighted by atomic mass is 15.1. The third kappa shape index (κ3) is 5.11. The molecule has 7 aromatic carbocycles. The predicted molar refractivity (Wildman–Crippen MR) is 180 cm³/mol. The van der Waals surface area contributed by atoms with Gasteiger partial charge in [0.25, 0.3) is 0 Å². The van der Waals surface area contributed by atoms with Gasteiger partial charge in [0, 0.05) is 17.1 Å². The normalized spacial score (nSPS) is 11.0. The number of nitrogens with zero attached hydrogens (tertiary/aromatic N) is 1. The van der Waals surface area contributed by atoms with Crippen LogP contribution in [0.15, 0.2) is 170 Å². The summed E-state index contributed by atoms with van der Waals surface area (Å²) in [5.74, 6) is 0. The van der Waals surface area contributed by atoms with Crippen LogP contribution in [0.25, 0.3) is 44.2 Å². The Morgan fingerprint density at radius 1 is 0.333 bits per heavy atom. The van der Waals surface area contributed by atoms with Gasteiger partial charge in [-0.25, -0.2) is 0 Å². The summed E-state index contributed by atoms with van der Waals surface area (Å²) in [6.07, 6.45) is 0. The van der Waals surface area contributed by atoms with Crippen molar-refractivity contribution in [1.82, 2.24) is 0 Å². The van der Waals surface area contributed by atoms with Crippen molar-refractivity contribution in [1.29, 1.82) is 0 Å². The van der Waals surface area contributed by atoms with Gasteiger partial charge < -0.3 is 4.90 Å². The molecule has 0 unspecified atom stereocenters. The third-order valence-electron chi connectivity index (χ3n) is 7.75. The van der Waals surface area contributed by atoms with Crippen molar-refractivity contribution < 1.29 is 0 Å². The van der Waals surface area contributed by atoms with Gasteiger partial charge in [0.2, 0.25) is 0 Å². The fraction of sp³-hybridized carbons (Fsp3) is 0. The molecule has 0 atom stereocenters. The van der Waals surface area contributed by atoms with Crippen molar-refractivity contribution in [2.24, 2.45) is 0 Å². The van der Waals surface area contributed by atoms with Gasteiger partial charge in [-0.05, 0) is 80.6 Å². The van der Waals surface area contributed by atoms with Crippen molar-refractivity contribution in [3.05, 3.63) is 170 Å². The summed E-state index contributed by atoms with van der Waals surface area (Å²) in [5, 5.41) is 2.27. The topological polar surface area (TPSA) is 3.24 Å². The molecule has 0 saturated carbocycles. The Morgan fingerprint density at radius 3 is 1.57 bits per heavy atom. The van der Waals surface area contributed by atoms with E-state index in [2.05, 4.69) is 163 Å². The first kappa shape index (κ1) is 25.6. The monoisotopic (exact) mass is 533 g/mol. The Kier molecular flexibility index (Phi) is 6.88. The van der Waals surface area contributed by atoms with Crippen LogP contribution in [0.1, 0.15) is 0 Å². The summed E-state index contributed by atoms with van der Waals surface area (Å²) in [4.78, 5) is 2.35. The van der Waals surface area contributed by atoms with Crippen molar-refractivity contribution in [2.45, 2.75) is 0 Å². The molecule has 2 heteroatoms. The largest absolute Gasteiger partial charge is 0.310 e. The Bertz CT molecular complexity index is 1980. The Balaban J connectivity index is 1.44. The minimum absolute atomic E-state index is 0.770. The first-order chi connectivity index (χ1) is 20.7. The second kappa shape index (κ2) is 11.3. The fourth-order valence-corrected chi connectivity index (χ4v) is 5.69. The van der Waals surface area contributed by atoms with Crippen LogP contribution in [0.4, 0.5) is 17.1 Å². The molecular formula is C40H28BN. The summed E-state index contributed by atoms with van der Waals surface area (Å²) in [6, 6.07) is 60.1. The molecule has 0 heterocycles. The maximum atomic E-state index is 6.10. The van der Waals surface area contributed by atoms with Crippen molar-refractivity contribution in [3.8, 4) is 33.4 Å². The van der Waals surface area contributed by atoms with Gasteiger partial charge >= 0.3 is 0 Å². The Hall–Kier alpha value is -5.34. The highest BCUT2D eigenvalue weighted by Crippen LogP contribution is 2.42. The molecule has 0 N–H and O–H groups in total. The number of anilines is 3. The predicted octanol–water partition coefficient (Wildman–Crippen LogP) is 10.1. The molecule has 196 valence electrons. The van der Waals surface area contributed by atoms with Gasteiger partial charge in [0.15, 0.2) is 0 Å². The smallest absolute Gasteiger partial charge is 0.113 e. The molecule has 0 amide bonds. The lowest BCUT2D eigenvalue weighted by Crippen LogP contribution is -2.10. The highest BCUT2D eigenvalue weighted by Gasteiger charge is 2.17. The molecule has 0 spiro atoms. The molecule has 0 bridgehead atoms. The number of benzene rings is 7. The number of fused-ring (bicyclic) bond motifs is 1. The van der Waals surface area contributed by atoms with Crippen molar-refractivity contribution in [3.63, 3.8) is 0 Å².